The van der Waals surface area contributed by atoms with Gasteiger partial charge in [0.2, 0.25) is 5.91 Å². The van der Waals surface area contributed by atoms with E-state index in [-0.39, 0.29) is 18.0 Å². The summed E-state index contributed by atoms with van der Waals surface area (Å²) < 4.78 is 10.7. The minimum atomic E-state index is -1.04. The Morgan fingerprint density at radius 3 is 2.29 bits per heavy atom. The lowest BCUT2D eigenvalue weighted by molar-refractivity contribution is -0.384. The molecule has 0 aliphatic carbocycles. The second-order valence-corrected chi connectivity index (χ2v) is 6.14. The van der Waals surface area contributed by atoms with Crippen molar-refractivity contribution in [1.82, 2.24) is 0 Å². The van der Waals surface area contributed by atoms with Gasteiger partial charge in [0.1, 0.15) is 23.2 Å². The van der Waals surface area contributed by atoms with E-state index >= 15 is 0 Å². The van der Waals surface area contributed by atoms with Crippen molar-refractivity contribution >= 4 is 23.3 Å². The summed E-state index contributed by atoms with van der Waals surface area (Å²) in [4.78, 5) is 36.3. The molecule has 0 fully saturated rings. The Morgan fingerprint density at radius 2 is 1.75 bits per heavy atom. The van der Waals surface area contributed by atoms with Crippen LogP contribution < -0.4 is 9.64 Å². The maximum absolute atomic E-state index is 12.2. The van der Waals surface area contributed by atoms with Crippen molar-refractivity contribution in [2.45, 2.75) is 33.7 Å². The number of amides is 1. The van der Waals surface area contributed by atoms with Gasteiger partial charge in [-0.3, -0.25) is 19.8 Å². The van der Waals surface area contributed by atoms with Crippen molar-refractivity contribution in [2.75, 3.05) is 11.5 Å². The molecule has 148 valence electrons. The van der Waals surface area contributed by atoms with Crippen LogP contribution in [0.15, 0.2) is 42.5 Å². The first kappa shape index (κ1) is 20.9. The number of nitro groups is 1. The number of aryl methyl sites for hydroxylation is 1. The summed E-state index contributed by atoms with van der Waals surface area (Å²) in [6.45, 7) is 6.40. The van der Waals surface area contributed by atoms with Crippen LogP contribution in [0.3, 0.4) is 0 Å². The highest BCUT2D eigenvalue weighted by atomic mass is 16.6. The number of ether oxygens (including phenoxy) is 2. The number of nitro benzene ring substituents is 1. The maximum atomic E-state index is 12.2. The van der Waals surface area contributed by atoms with Crippen molar-refractivity contribution in [3.05, 3.63) is 58.1 Å². The summed E-state index contributed by atoms with van der Waals surface area (Å²) >= 11 is 0. The molecule has 2 aromatic rings. The molecule has 2 aromatic carbocycles. The molecule has 1 unspecified atom stereocenters. The van der Waals surface area contributed by atoms with Gasteiger partial charge in [-0.2, -0.15) is 0 Å². The second-order valence-electron chi connectivity index (χ2n) is 6.14. The van der Waals surface area contributed by atoms with Crippen molar-refractivity contribution in [2.24, 2.45) is 0 Å². The number of rotatable bonds is 7. The molecule has 0 saturated heterocycles. The molecule has 0 aliphatic rings. The highest BCUT2D eigenvalue weighted by molar-refractivity contribution is 6.00. The van der Waals surface area contributed by atoms with E-state index in [0.717, 1.165) is 10.5 Å². The van der Waals surface area contributed by atoms with Gasteiger partial charge in [-0.15, -0.1) is 0 Å². The maximum Gasteiger partial charge on any atom is 0.328 e. The molecule has 0 bridgehead atoms. The Bertz CT molecular complexity index is 879. The van der Waals surface area contributed by atoms with Gasteiger partial charge in [0.05, 0.1) is 11.5 Å². The SMILES string of the molecule is CCOC(=O)C(C)N(C(C)=O)c1cc(Oc2ccc(C)cc2)ccc1[N+](=O)[O-]. The lowest BCUT2D eigenvalue weighted by atomic mass is 10.1. The molecule has 0 spiro atoms. The summed E-state index contributed by atoms with van der Waals surface area (Å²) in [5.74, 6) is -0.349. The molecule has 2 rings (SSSR count). The van der Waals surface area contributed by atoms with Gasteiger partial charge < -0.3 is 9.47 Å². The van der Waals surface area contributed by atoms with Crippen LogP contribution in [0.4, 0.5) is 11.4 Å². The van der Waals surface area contributed by atoms with E-state index in [9.17, 15) is 19.7 Å². The molecular formula is C20H22N2O6. The summed E-state index contributed by atoms with van der Waals surface area (Å²) in [5.41, 5.74) is 0.702. The van der Waals surface area contributed by atoms with Crippen LogP contribution in [0.2, 0.25) is 0 Å². The lowest BCUT2D eigenvalue weighted by Gasteiger charge is -2.26. The van der Waals surface area contributed by atoms with Crippen LogP contribution in [0, 0.1) is 17.0 Å². The largest absolute Gasteiger partial charge is 0.464 e. The number of hydrogen-bond donors (Lipinski definition) is 0. The van der Waals surface area contributed by atoms with Crippen LogP contribution in [0.1, 0.15) is 26.3 Å². The van der Waals surface area contributed by atoms with Crippen molar-refractivity contribution in [1.29, 1.82) is 0 Å². The van der Waals surface area contributed by atoms with Crippen LogP contribution in [-0.2, 0) is 14.3 Å². The summed E-state index contributed by atoms with van der Waals surface area (Å²) in [6, 6.07) is 10.3. The average Bonchev–Trinajstić information content (AvgIpc) is 2.63. The fourth-order valence-electron chi connectivity index (χ4n) is 2.68. The Labute approximate surface area is 162 Å². The number of carbonyl (C=O) groups is 2. The molecule has 28 heavy (non-hydrogen) atoms. The highest BCUT2D eigenvalue weighted by Crippen LogP contribution is 2.35. The number of benzene rings is 2. The van der Waals surface area contributed by atoms with E-state index in [1.165, 1.54) is 32.0 Å². The molecule has 0 saturated carbocycles. The monoisotopic (exact) mass is 386 g/mol. The molecule has 1 atom stereocenters. The number of hydrogen-bond acceptors (Lipinski definition) is 6. The van der Waals surface area contributed by atoms with Crippen LogP contribution in [0.5, 0.6) is 11.5 Å². The third-order valence-electron chi connectivity index (χ3n) is 4.01. The molecule has 8 heteroatoms. The van der Waals surface area contributed by atoms with Gasteiger partial charge >= 0.3 is 5.97 Å². The average molecular weight is 386 g/mol. The number of carbonyl (C=O) groups excluding carboxylic acids is 2. The molecule has 0 aromatic heterocycles. The quantitative estimate of drug-likeness (QED) is 0.405. The standard InChI is InChI=1S/C20H22N2O6/c1-5-27-20(24)14(3)21(15(4)23)19-12-17(10-11-18(19)22(25)26)28-16-8-6-13(2)7-9-16/h6-12,14H,5H2,1-4H3. The molecule has 0 heterocycles. The third kappa shape index (κ3) is 4.85. The fourth-order valence-corrected chi connectivity index (χ4v) is 2.68. The van der Waals surface area contributed by atoms with Gasteiger partial charge in [0.25, 0.3) is 5.69 Å². The zero-order chi connectivity index (χ0) is 20.8. The summed E-state index contributed by atoms with van der Waals surface area (Å²) in [6.07, 6.45) is 0. The van der Waals surface area contributed by atoms with E-state index in [0.29, 0.717) is 11.5 Å². The second kappa shape index (κ2) is 8.98. The summed E-state index contributed by atoms with van der Waals surface area (Å²) in [5, 5.41) is 11.5. The Balaban J connectivity index is 2.48. The minimum absolute atomic E-state index is 0.0392. The molecule has 1 amide bonds. The lowest BCUT2D eigenvalue weighted by Crippen LogP contribution is -2.43. The predicted octanol–water partition coefficient (Wildman–Crippen LogP) is 4.00. The van der Waals surface area contributed by atoms with Gasteiger partial charge in [-0.25, -0.2) is 4.79 Å². The van der Waals surface area contributed by atoms with Crippen molar-refractivity contribution in [3.8, 4) is 11.5 Å². The normalized spacial score (nSPS) is 11.4. The fraction of sp³-hybridized carbons (Fsp3) is 0.300. The highest BCUT2D eigenvalue weighted by Gasteiger charge is 2.31. The molecule has 8 nitrogen and oxygen atoms in total. The molecule has 0 radical (unpaired) electrons. The summed E-state index contributed by atoms with van der Waals surface area (Å²) in [7, 11) is 0. The Kier molecular flexibility index (Phi) is 6.70. The van der Waals surface area contributed by atoms with E-state index in [2.05, 4.69) is 0 Å². The van der Waals surface area contributed by atoms with Gasteiger partial charge in [-0.05, 0) is 39.0 Å². The zero-order valence-electron chi connectivity index (χ0n) is 16.2. The van der Waals surface area contributed by atoms with Crippen molar-refractivity contribution in [3.63, 3.8) is 0 Å². The first-order valence-electron chi connectivity index (χ1n) is 8.74. The minimum Gasteiger partial charge on any atom is -0.464 e. The van der Waals surface area contributed by atoms with Crippen LogP contribution in [-0.4, -0.2) is 29.4 Å². The van der Waals surface area contributed by atoms with Crippen LogP contribution in [0.25, 0.3) is 0 Å². The number of nitrogens with zero attached hydrogens (tertiary/aromatic N) is 2. The van der Waals surface area contributed by atoms with E-state index in [4.69, 9.17) is 9.47 Å². The Hall–Kier alpha value is -3.42. The van der Waals surface area contributed by atoms with Gasteiger partial charge in [0, 0.05) is 19.1 Å². The van der Waals surface area contributed by atoms with E-state index in [1.807, 2.05) is 19.1 Å². The smallest absolute Gasteiger partial charge is 0.328 e. The number of anilines is 1. The first-order valence-corrected chi connectivity index (χ1v) is 8.74. The number of esters is 1. The van der Waals surface area contributed by atoms with Crippen molar-refractivity contribution < 1.29 is 24.0 Å². The first-order chi connectivity index (χ1) is 13.2. The molecular weight excluding hydrogens is 364 g/mol. The van der Waals surface area contributed by atoms with E-state index < -0.39 is 22.8 Å². The van der Waals surface area contributed by atoms with Crippen LogP contribution >= 0.6 is 0 Å². The van der Waals surface area contributed by atoms with E-state index in [1.54, 1.807) is 19.1 Å². The third-order valence-corrected chi connectivity index (χ3v) is 4.01. The van der Waals surface area contributed by atoms with Gasteiger partial charge in [-0.1, -0.05) is 17.7 Å². The van der Waals surface area contributed by atoms with Gasteiger partial charge in [0.15, 0.2) is 0 Å². The molecule has 0 N–H and O–H groups in total. The topological polar surface area (TPSA) is 99.0 Å². The Morgan fingerprint density at radius 1 is 1.14 bits per heavy atom. The zero-order valence-corrected chi connectivity index (χ0v) is 16.2. The predicted molar refractivity (Wildman–Crippen MR) is 104 cm³/mol. The molecule has 0 aliphatic heterocycles.